The number of carbonyl (C=O) groups is 2. The Morgan fingerprint density at radius 1 is 1.04 bits per heavy atom. The molecule has 2 aromatic carbocycles. The minimum absolute atomic E-state index is 0.0471. The van der Waals surface area contributed by atoms with Crippen LogP contribution in [0, 0.1) is 5.92 Å². The van der Waals surface area contributed by atoms with E-state index in [4.69, 9.17) is 0 Å². The lowest BCUT2D eigenvalue weighted by atomic mass is 10.0. The number of nitrogens with one attached hydrogen (secondary N) is 2. The zero-order valence-electron chi connectivity index (χ0n) is 15.9. The summed E-state index contributed by atoms with van der Waals surface area (Å²) in [5.41, 5.74) is 2.40. The van der Waals surface area contributed by atoms with E-state index in [1.54, 1.807) is 23.1 Å². The van der Waals surface area contributed by atoms with Crippen molar-refractivity contribution in [2.45, 2.75) is 26.3 Å². The number of rotatable bonds is 7. The third-order valence-electron chi connectivity index (χ3n) is 4.29. The van der Waals surface area contributed by atoms with Gasteiger partial charge in [-0.25, -0.2) is 9.67 Å². The van der Waals surface area contributed by atoms with E-state index in [0.29, 0.717) is 5.69 Å². The second-order valence-electron chi connectivity index (χ2n) is 6.83. The zero-order valence-corrected chi connectivity index (χ0v) is 15.9. The van der Waals surface area contributed by atoms with Gasteiger partial charge in [-0.2, -0.15) is 5.10 Å². The lowest BCUT2D eigenvalue weighted by Gasteiger charge is -2.22. The Bertz CT molecular complexity index is 906. The van der Waals surface area contributed by atoms with Crippen LogP contribution in [-0.4, -0.2) is 32.6 Å². The van der Waals surface area contributed by atoms with Crippen LogP contribution >= 0.6 is 0 Å². The molecule has 7 heteroatoms. The van der Waals surface area contributed by atoms with E-state index < -0.39 is 6.04 Å². The quantitative estimate of drug-likeness (QED) is 0.662. The van der Waals surface area contributed by atoms with E-state index >= 15 is 0 Å². The lowest BCUT2D eigenvalue weighted by Crippen LogP contribution is -2.47. The van der Waals surface area contributed by atoms with Gasteiger partial charge in [-0.05, 0) is 35.7 Å². The van der Waals surface area contributed by atoms with Gasteiger partial charge in [0.25, 0.3) is 0 Å². The topological polar surface area (TPSA) is 88.9 Å². The molecule has 0 spiro atoms. The molecule has 0 bridgehead atoms. The van der Waals surface area contributed by atoms with Gasteiger partial charge in [0, 0.05) is 5.69 Å². The summed E-state index contributed by atoms with van der Waals surface area (Å²) in [7, 11) is 0. The average molecular weight is 377 g/mol. The van der Waals surface area contributed by atoms with Gasteiger partial charge < -0.3 is 10.6 Å². The van der Waals surface area contributed by atoms with Crippen LogP contribution in [-0.2, 0) is 16.0 Å². The van der Waals surface area contributed by atoms with Gasteiger partial charge in [0.15, 0.2) is 0 Å². The SMILES string of the molecule is CC(C)C(NC(=O)Cc1ccccc1)C(=O)Nc1ccc(-n2cncn2)cc1. The first-order valence-corrected chi connectivity index (χ1v) is 9.12. The number of aromatic nitrogens is 3. The minimum Gasteiger partial charge on any atom is -0.344 e. The molecule has 0 radical (unpaired) electrons. The summed E-state index contributed by atoms with van der Waals surface area (Å²) in [5.74, 6) is -0.472. The van der Waals surface area contributed by atoms with Crippen molar-refractivity contribution >= 4 is 17.5 Å². The first-order valence-electron chi connectivity index (χ1n) is 9.12. The third kappa shape index (κ3) is 5.03. The molecule has 1 atom stereocenters. The molecule has 1 aromatic heterocycles. The Hall–Kier alpha value is -3.48. The van der Waals surface area contributed by atoms with Gasteiger partial charge in [-0.3, -0.25) is 9.59 Å². The molecule has 0 saturated heterocycles. The molecule has 0 aliphatic heterocycles. The van der Waals surface area contributed by atoms with Gasteiger partial charge in [0.1, 0.15) is 18.7 Å². The lowest BCUT2D eigenvalue weighted by molar-refractivity contribution is -0.127. The van der Waals surface area contributed by atoms with E-state index in [9.17, 15) is 9.59 Å². The van der Waals surface area contributed by atoms with Crippen molar-refractivity contribution < 1.29 is 9.59 Å². The first kappa shape index (κ1) is 19.3. The predicted molar refractivity (Wildman–Crippen MR) is 107 cm³/mol. The monoisotopic (exact) mass is 377 g/mol. The number of benzene rings is 2. The van der Waals surface area contributed by atoms with Gasteiger partial charge in [-0.1, -0.05) is 44.2 Å². The Labute approximate surface area is 163 Å². The predicted octanol–water partition coefficient (Wildman–Crippen LogP) is 2.59. The Kier molecular flexibility index (Phi) is 6.16. The molecule has 0 aliphatic carbocycles. The number of amides is 2. The molecule has 3 aromatic rings. The standard InChI is InChI=1S/C21H23N5O2/c1-15(2)20(25-19(27)12-16-6-4-3-5-7-16)21(28)24-17-8-10-18(11-9-17)26-14-22-13-23-26/h3-11,13-15,20H,12H2,1-2H3,(H,24,28)(H,25,27). The van der Waals surface area contributed by atoms with E-state index in [1.165, 1.54) is 6.33 Å². The van der Waals surface area contributed by atoms with Gasteiger partial charge in [0.05, 0.1) is 12.1 Å². The van der Waals surface area contributed by atoms with Crippen LogP contribution in [0.2, 0.25) is 0 Å². The van der Waals surface area contributed by atoms with E-state index in [0.717, 1.165) is 11.3 Å². The van der Waals surface area contributed by atoms with Crippen LogP contribution < -0.4 is 10.6 Å². The van der Waals surface area contributed by atoms with E-state index in [-0.39, 0.29) is 24.2 Å². The van der Waals surface area contributed by atoms with Crippen molar-refractivity contribution in [1.29, 1.82) is 0 Å². The van der Waals surface area contributed by atoms with Crippen LogP contribution in [0.1, 0.15) is 19.4 Å². The van der Waals surface area contributed by atoms with Gasteiger partial charge in [-0.15, -0.1) is 0 Å². The minimum atomic E-state index is -0.619. The van der Waals surface area contributed by atoms with Crippen LogP contribution in [0.15, 0.2) is 67.3 Å². The van der Waals surface area contributed by atoms with Crippen molar-refractivity contribution in [3.63, 3.8) is 0 Å². The summed E-state index contributed by atoms with van der Waals surface area (Å²) in [6.45, 7) is 3.81. The summed E-state index contributed by atoms with van der Waals surface area (Å²) in [4.78, 5) is 29.0. The van der Waals surface area contributed by atoms with Gasteiger partial charge >= 0.3 is 0 Å². The molecule has 0 fully saturated rings. The number of carbonyl (C=O) groups excluding carboxylic acids is 2. The average Bonchev–Trinajstić information content (AvgIpc) is 3.22. The summed E-state index contributed by atoms with van der Waals surface area (Å²) in [6, 6.07) is 16.1. The highest BCUT2D eigenvalue weighted by Crippen LogP contribution is 2.14. The molecule has 3 rings (SSSR count). The molecule has 2 N–H and O–H groups in total. The molecular formula is C21H23N5O2. The highest BCUT2D eigenvalue weighted by atomic mass is 16.2. The second-order valence-corrected chi connectivity index (χ2v) is 6.83. The summed E-state index contributed by atoms with van der Waals surface area (Å²) in [6.07, 6.45) is 3.30. The maximum Gasteiger partial charge on any atom is 0.247 e. The molecule has 0 saturated carbocycles. The van der Waals surface area contributed by atoms with E-state index in [1.807, 2.05) is 56.3 Å². The molecule has 144 valence electrons. The molecule has 0 aliphatic rings. The third-order valence-corrected chi connectivity index (χ3v) is 4.29. The number of nitrogens with zero attached hydrogens (tertiary/aromatic N) is 3. The highest BCUT2D eigenvalue weighted by Gasteiger charge is 2.24. The normalized spacial score (nSPS) is 11.8. The fourth-order valence-corrected chi connectivity index (χ4v) is 2.80. The molecule has 1 heterocycles. The van der Waals surface area contributed by atoms with Crippen LogP contribution in [0.5, 0.6) is 0 Å². The van der Waals surface area contributed by atoms with Crippen LogP contribution in [0.25, 0.3) is 5.69 Å². The zero-order chi connectivity index (χ0) is 19.9. The molecule has 2 amide bonds. The first-order chi connectivity index (χ1) is 13.5. The summed E-state index contributed by atoms with van der Waals surface area (Å²) >= 11 is 0. The largest absolute Gasteiger partial charge is 0.344 e. The summed E-state index contributed by atoms with van der Waals surface area (Å²) in [5, 5.41) is 9.78. The van der Waals surface area contributed by atoms with Crippen molar-refractivity contribution in [2.75, 3.05) is 5.32 Å². The number of anilines is 1. The Balaban J connectivity index is 1.62. The number of hydrogen-bond donors (Lipinski definition) is 2. The van der Waals surface area contributed by atoms with Crippen molar-refractivity contribution in [2.24, 2.45) is 5.92 Å². The number of hydrogen-bond acceptors (Lipinski definition) is 4. The van der Waals surface area contributed by atoms with Gasteiger partial charge in [0.2, 0.25) is 11.8 Å². The Morgan fingerprint density at radius 3 is 2.36 bits per heavy atom. The van der Waals surface area contributed by atoms with E-state index in [2.05, 4.69) is 20.7 Å². The summed E-state index contributed by atoms with van der Waals surface area (Å²) < 4.78 is 1.63. The Morgan fingerprint density at radius 2 is 1.75 bits per heavy atom. The fraction of sp³-hybridized carbons (Fsp3) is 0.238. The molecular weight excluding hydrogens is 354 g/mol. The highest BCUT2D eigenvalue weighted by molar-refractivity contribution is 5.97. The van der Waals surface area contributed by atoms with Crippen LogP contribution in [0.3, 0.4) is 0 Å². The fourth-order valence-electron chi connectivity index (χ4n) is 2.80. The smallest absolute Gasteiger partial charge is 0.247 e. The van der Waals surface area contributed by atoms with Crippen LogP contribution in [0.4, 0.5) is 5.69 Å². The maximum atomic E-state index is 12.7. The molecule has 1 unspecified atom stereocenters. The molecule has 7 nitrogen and oxygen atoms in total. The van der Waals surface area contributed by atoms with Crippen molar-refractivity contribution in [3.05, 3.63) is 72.8 Å². The van der Waals surface area contributed by atoms with Crippen molar-refractivity contribution in [3.8, 4) is 5.69 Å². The molecule has 28 heavy (non-hydrogen) atoms. The maximum absolute atomic E-state index is 12.7. The van der Waals surface area contributed by atoms with Crippen molar-refractivity contribution in [1.82, 2.24) is 20.1 Å². The second kappa shape index (κ2) is 8.94.